The molecule has 0 saturated carbocycles. The molecule has 0 atom stereocenters. The minimum absolute atomic E-state index is 0.0383. The van der Waals surface area contributed by atoms with Crippen molar-refractivity contribution in [2.75, 3.05) is 32.8 Å². The number of allylic oxidation sites excluding steroid dienone is 3. The fourth-order valence-corrected chi connectivity index (χ4v) is 1.83. The summed E-state index contributed by atoms with van der Waals surface area (Å²) in [6.07, 6.45) is 2.89. The maximum absolute atomic E-state index is 11.7. The molecule has 1 heterocycles. The predicted molar refractivity (Wildman–Crippen MR) is 59.1 cm³/mol. The second-order valence-electron chi connectivity index (χ2n) is 4.11. The van der Waals surface area contributed by atoms with Gasteiger partial charge in [0.25, 0.3) is 0 Å². The van der Waals surface area contributed by atoms with Crippen LogP contribution in [-0.4, -0.2) is 49.3 Å². The second-order valence-corrected chi connectivity index (χ2v) is 4.11. The van der Waals surface area contributed by atoms with Gasteiger partial charge < -0.3 is 4.74 Å². The summed E-state index contributed by atoms with van der Waals surface area (Å²) >= 11 is 0. The summed E-state index contributed by atoms with van der Waals surface area (Å²) in [4.78, 5) is 25.3. The zero-order valence-electron chi connectivity index (χ0n) is 9.36. The first-order chi connectivity index (χ1) is 7.66. The summed E-state index contributed by atoms with van der Waals surface area (Å²) in [7, 11) is 0. The number of hydrogen-bond donors (Lipinski definition) is 0. The molecule has 0 aromatic carbocycles. The highest BCUT2D eigenvalue weighted by Crippen LogP contribution is 2.13. The van der Waals surface area contributed by atoms with Gasteiger partial charge in [-0.3, -0.25) is 14.5 Å². The molecule has 0 spiro atoms. The summed E-state index contributed by atoms with van der Waals surface area (Å²) in [5.41, 5.74) is 1.12. The molecule has 4 nitrogen and oxygen atoms in total. The third kappa shape index (κ3) is 2.46. The lowest BCUT2D eigenvalue weighted by Gasteiger charge is -2.27. The first-order valence-electron chi connectivity index (χ1n) is 5.44. The molecule has 4 heteroatoms. The average molecular weight is 221 g/mol. The van der Waals surface area contributed by atoms with E-state index in [1.165, 1.54) is 12.2 Å². The molecule has 1 fully saturated rings. The standard InChI is InChI=1S/C12H15NO3/c1-9-6-12(15)10(7-11(9)14)8-13-2-4-16-5-3-13/h6-7H,2-5,8H2,1H3. The van der Waals surface area contributed by atoms with E-state index in [2.05, 4.69) is 4.90 Å². The molecule has 0 aromatic heterocycles. The van der Waals surface area contributed by atoms with E-state index < -0.39 is 0 Å². The number of ketones is 2. The van der Waals surface area contributed by atoms with Gasteiger partial charge in [0.2, 0.25) is 0 Å². The predicted octanol–water partition coefficient (Wildman–Crippen LogP) is 0.343. The van der Waals surface area contributed by atoms with Crippen molar-refractivity contribution in [3.8, 4) is 0 Å². The Morgan fingerprint density at radius 1 is 1.19 bits per heavy atom. The van der Waals surface area contributed by atoms with Crippen LogP contribution in [0.15, 0.2) is 23.3 Å². The molecule has 0 N–H and O–H groups in total. The van der Waals surface area contributed by atoms with Crippen molar-refractivity contribution < 1.29 is 14.3 Å². The van der Waals surface area contributed by atoms with E-state index in [4.69, 9.17) is 4.74 Å². The molecular weight excluding hydrogens is 206 g/mol. The first-order valence-corrected chi connectivity index (χ1v) is 5.44. The van der Waals surface area contributed by atoms with Crippen LogP contribution in [-0.2, 0) is 14.3 Å². The van der Waals surface area contributed by atoms with Gasteiger partial charge in [0, 0.05) is 30.8 Å². The minimum Gasteiger partial charge on any atom is -0.379 e. The van der Waals surface area contributed by atoms with Gasteiger partial charge in [-0.1, -0.05) is 0 Å². The van der Waals surface area contributed by atoms with Crippen LogP contribution < -0.4 is 0 Å². The van der Waals surface area contributed by atoms with Gasteiger partial charge in [-0.25, -0.2) is 0 Å². The second kappa shape index (κ2) is 4.72. The van der Waals surface area contributed by atoms with Gasteiger partial charge in [-0.15, -0.1) is 0 Å². The Morgan fingerprint density at radius 2 is 1.88 bits per heavy atom. The Hall–Kier alpha value is -1.26. The SMILES string of the molecule is CC1=CC(=O)C(CN2CCOCC2)=CC1=O. The molecule has 2 rings (SSSR count). The first kappa shape index (κ1) is 11.2. The van der Waals surface area contributed by atoms with E-state index in [0.717, 1.165) is 13.1 Å². The van der Waals surface area contributed by atoms with Crippen molar-refractivity contribution in [1.82, 2.24) is 4.90 Å². The van der Waals surface area contributed by atoms with Crippen molar-refractivity contribution in [2.24, 2.45) is 0 Å². The van der Waals surface area contributed by atoms with E-state index in [1.54, 1.807) is 6.92 Å². The summed E-state index contributed by atoms with van der Waals surface area (Å²) in [6.45, 7) is 5.26. The zero-order valence-corrected chi connectivity index (χ0v) is 9.36. The molecule has 1 saturated heterocycles. The topological polar surface area (TPSA) is 46.6 Å². The third-order valence-electron chi connectivity index (χ3n) is 2.86. The van der Waals surface area contributed by atoms with E-state index in [1.807, 2.05) is 0 Å². The average Bonchev–Trinajstić information content (AvgIpc) is 2.27. The Kier molecular flexibility index (Phi) is 3.31. The van der Waals surface area contributed by atoms with E-state index in [9.17, 15) is 9.59 Å². The number of carbonyl (C=O) groups is 2. The number of carbonyl (C=O) groups excluding carboxylic acids is 2. The molecule has 16 heavy (non-hydrogen) atoms. The maximum Gasteiger partial charge on any atom is 0.183 e. The maximum atomic E-state index is 11.7. The summed E-state index contributed by atoms with van der Waals surface area (Å²) in [6, 6.07) is 0. The molecule has 1 aliphatic heterocycles. The molecular formula is C12H15NO3. The van der Waals surface area contributed by atoms with Crippen LogP contribution in [0.5, 0.6) is 0 Å². The molecule has 0 amide bonds. The number of hydrogen-bond acceptors (Lipinski definition) is 4. The lowest BCUT2D eigenvalue weighted by molar-refractivity contribution is -0.115. The fourth-order valence-electron chi connectivity index (χ4n) is 1.83. The summed E-state index contributed by atoms with van der Waals surface area (Å²) < 4.78 is 5.23. The van der Waals surface area contributed by atoms with Gasteiger partial charge in [0.15, 0.2) is 11.6 Å². The van der Waals surface area contributed by atoms with Crippen LogP contribution in [0.3, 0.4) is 0 Å². The van der Waals surface area contributed by atoms with Crippen LogP contribution in [0.4, 0.5) is 0 Å². The molecule has 0 radical (unpaired) electrons. The summed E-state index contributed by atoms with van der Waals surface area (Å²) in [5, 5.41) is 0. The van der Waals surface area contributed by atoms with E-state index in [-0.39, 0.29) is 11.6 Å². The Bertz CT molecular complexity index is 376. The highest BCUT2D eigenvalue weighted by Gasteiger charge is 2.20. The van der Waals surface area contributed by atoms with E-state index in [0.29, 0.717) is 30.9 Å². The third-order valence-corrected chi connectivity index (χ3v) is 2.86. The van der Waals surface area contributed by atoms with E-state index >= 15 is 0 Å². The van der Waals surface area contributed by atoms with Crippen molar-refractivity contribution in [3.63, 3.8) is 0 Å². The number of nitrogens with zero attached hydrogens (tertiary/aromatic N) is 1. The Balaban J connectivity index is 2.02. The minimum atomic E-state index is -0.0529. The highest BCUT2D eigenvalue weighted by molar-refractivity contribution is 6.19. The summed E-state index contributed by atoms with van der Waals surface area (Å²) in [5.74, 6) is -0.0912. The fraction of sp³-hybridized carbons (Fsp3) is 0.500. The molecule has 0 unspecified atom stereocenters. The highest BCUT2D eigenvalue weighted by atomic mass is 16.5. The Morgan fingerprint density at radius 3 is 2.56 bits per heavy atom. The largest absolute Gasteiger partial charge is 0.379 e. The quantitative estimate of drug-likeness (QED) is 0.631. The van der Waals surface area contributed by atoms with Crippen molar-refractivity contribution >= 4 is 11.6 Å². The van der Waals surface area contributed by atoms with Gasteiger partial charge in [0.05, 0.1) is 13.2 Å². The number of ether oxygens (including phenoxy) is 1. The van der Waals surface area contributed by atoms with Gasteiger partial charge >= 0.3 is 0 Å². The number of morpholine rings is 1. The lowest BCUT2D eigenvalue weighted by Crippen LogP contribution is -2.38. The van der Waals surface area contributed by atoms with Gasteiger partial charge in [-0.05, 0) is 19.1 Å². The monoisotopic (exact) mass is 221 g/mol. The molecule has 86 valence electrons. The van der Waals surface area contributed by atoms with Crippen molar-refractivity contribution in [2.45, 2.75) is 6.92 Å². The van der Waals surface area contributed by atoms with Crippen molar-refractivity contribution in [1.29, 1.82) is 0 Å². The van der Waals surface area contributed by atoms with Crippen LogP contribution >= 0.6 is 0 Å². The van der Waals surface area contributed by atoms with Crippen LogP contribution in [0, 0.1) is 0 Å². The smallest absolute Gasteiger partial charge is 0.183 e. The number of rotatable bonds is 2. The zero-order chi connectivity index (χ0) is 11.5. The Labute approximate surface area is 94.6 Å². The van der Waals surface area contributed by atoms with Gasteiger partial charge in [-0.2, -0.15) is 0 Å². The van der Waals surface area contributed by atoms with Gasteiger partial charge in [0.1, 0.15) is 0 Å². The lowest BCUT2D eigenvalue weighted by atomic mass is 9.98. The van der Waals surface area contributed by atoms with Crippen molar-refractivity contribution in [3.05, 3.63) is 23.3 Å². The molecule has 0 aromatic rings. The van der Waals surface area contributed by atoms with Crippen LogP contribution in [0.25, 0.3) is 0 Å². The normalized spacial score (nSPS) is 23.1. The van der Waals surface area contributed by atoms with Crippen LogP contribution in [0.1, 0.15) is 6.92 Å². The molecule has 1 aliphatic carbocycles. The van der Waals surface area contributed by atoms with Crippen LogP contribution in [0.2, 0.25) is 0 Å². The molecule has 2 aliphatic rings. The molecule has 0 bridgehead atoms.